The molecular weight excluding hydrogens is 236 g/mol. The maximum atomic E-state index is 11.5. The third kappa shape index (κ3) is 3.30. The third-order valence-corrected chi connectivity index (χ3v) is 3.15. The molecule has 0 amide bonds. The molecule has 1 rings (SSSR count). The number of hydrogen-bond donors (Lipinski definition) is 0. The summed E-state index contributed by atoms with van der Waals surface area (Å²) < 4.78 is 0. The lowest BCUT2D eigenvalue weighted by molar-refractivity contribution is -0.117. The Morgan fingerprint density at radius 1 is 1.37 bits per heavy atom. The van der Waals surface area contributed by atoms with Gasteiger partial charge in [-0.2, -0.15) is 10.5 Å². The number of carbonyl (C=O) groups excluding carboxylic acids is 1. The average molecular weight is 252 g/mol. The molecule has 0 aromatic heterocycles. The highest BCUT2D eigenvalue weighted by atomic mass is 16.1. The number of benzene rings is 1. The van der Waals surface area contributed by atoms with Crippen molar-refractivity contribution >= 4 is 5.78 Å². The zero-order chi connectivity index (χ0) is 14.3. The van der Waals surface area contributed by atoms with Crippen molar-refractivity contribution in [3.05, 3.63) is 48.6 Å². The first-order chi connectivity index (χ1) is 9.09. The van der Waals surface area contributed by atoms with Crippen LogP contribution in [-0.2, 0) is 4.79 Å². The molecule has 1 atom stereocenters. The second kappa shape index (κ2) is 6.52. The number of nitriles is 2. The van der Waals surface area contributed by atoms with Crippen LogP contribution in [0.25, 0.3) is 0 Å². The standard InChI is InChI=1S/C16H16N2O/c1-3-9-16(11-17,12-18)15(10-13(2)19)14-7-5-4-6-8-14/h3-8,15H,1,9-10H2,2H3. The summed E-state index contributed by atoms with van der Waals surface area (Å²) in [6.07, 6.45) is 1.98. The molecule has 0 bridgehead atoms. The van der Waals surface area contributed by atoms with E-state index in [4.69, 9.17) is 0 Å². The van der Waals surface area contributed by atoms with Gasteiger partial charge < -0.3 is 4.79 Å². The lowest BCUT2D eigenvalue weighted by Crippen LogP contribution is -2.27. The van der Waals surface area contributed by atoms with Crippen molar-refractivity contribution in [3.8, 4) is 12.1 Å². The molecular formula is C16H16N2O. The van der Waals surface area contributed by atoms with Gasteiger partial charge >= 0.3 is 0 Å². The first kappa shape index (κ1) is 14.7. The van der Waals surface area contributed by atoms with Crippen molar-refractivity contribution in [2.45, 2.75) is 25.7 Å². The van der Waals surface area contributed by atoms with Gasteiger partial charge in [0.05, 0.1) is 12.1 Å². The Bertz CT molecular complexity index is 520. The third-order valence-electron chi connectivity index (χ3n) is 3.15. The molecule has 0 N–H and O–H groups in total. The van der Waals surface area contributed by atoms with Gasteiger partial charge in [-0.1, -0.05) is 36.4 Å². The molecule has 3 nitrogen and oxygen atoms in total. The number of ketones is 1. The van der Waals surface area contributed by atoms with Crippen LogP contribution in [0.5, 0.6) is 0 Å². The molecule has 0 radical (unpaired) electrons. The largest absolute Gasteiger partial charge is 0.300 e. The van der Waals surface area contributed by atoms with Gasteiger partial charge in [-0.25, -0.2) is 0 Å². The van der Waals surface area contributed by atoms with Gasteiger partial charge in [0.25, 0.3) is 0 Å². The van der Waals surface area contributed by atoms with Crippen LogP contribution in [0.15, 0.2) is 43.0 Å². The highest BCUT2D eigenvalue weighted by molar-refractivity contribution is 5.76. The van der Waals surface area contributed by atoms with Crippen molar-refractivity contribution in [2.24, 2.45) is 5.41 Å². The molecule has 3 heteroatoms. The van der Waals surface area contributed by atoms with Gasteiger partial charge in [-0.3, -0.25) is 0 Å². The van der Waals surface area contributed by atoms with Gasteiger partial charge in [-0.15, -0.1) is 6.58 Å². The first-order valence-electron chi connectivity index (χ1n) is 6.07. The highest BCUT2D eigenvalue weighted by Gasteiger charge is 2.40. The fourth-order valence-electron chi connectivity index (χ4n) is 2.19. The molecule has 96 valence electrons. The van der Waals surface area contributed by atoms with E-state index in [0.29, 0.717) is 0 Å². The minimum atomic E-state index is -1.24. The van der Waals surface area contributed by atoms with Gasteiger partial charge in [0, 0.05) is 12.3 Å². The maximum Gasteiger partial charge on any atom is 0.154 e. The van der Waals surface area contributed by atoms with E-state index in [1.807, 2.05) is 30.3 Å². The van der Waals surface area contributed by atoms with Crippen LogP contribution in [-0.4, -0.2) is 5.78 Å². The van der Waals surface area contributed by atoms with E-state index in [1.165, 1.54) is 6.92 Å². The lowest BCUT2D eigenvalue weighted by Gasteiger charge is -2.28. The monoisotopic (exact) mass is 252 g/mol. The quantitative estimate of drug-likeness (QED) is 0.729. The molecule has 1 aromatic carbocycles. The molecule has 0 saturated carbocycles. The predicted octanol–water partition coefficient (Wildman–Crippen LogP) is 3.36. The summed E-state index contributed by atoms with van der Waals surface area (Å²) in [6, 6.07) is 13.4. The van der Waals surface area contributed by atoms with Crippen molar-refractivity contribution in [1.29, 1.82) is 10.5 Å². The van der Waals surface area contributed by atoms with E-state index in [2.05, 4.69) is 18.7 Å². The van der Waals surface area contributed by atoms with Crippen LogP contribution in [0.2, 0.25) is 0 Å². The summed E-state index contributed by atoms with van der Waals surface area (Å²) in [5.74, 6) is -0.466. The van der Waals surface area contributed by atoms with Crippen LogP contribution in [0.4, 0.5) is 0 Å². The normalized spacial score (nSPS) is 11.9. The Morgan fingerprint density at radius 2 is 1.95 bits per heavy atom. The van der Waals surface area contributed by atoms with Crippen molar-refractivity contribution in [2.75, 3.05) is 0 Å². The summed E-state index contributed by atoms with van der Waals surface area (Å²) >= 11 is 0. The Morgan fingerprint density at radius 3 is 2.37 bits per heavy atom. The van der Waals surface area contributed by atoms with E-state index >= 15 is 0 Å². The molecule has 0 aliphatic carbocycles. The fourth-order valence-corrected chi connectivity index (χ4v) is 2.19. The summed E-state index contributed by atoms with van der Waals surface area (Å²) in [7, 11) is 0. The fraction of sp³-hybridized carbons (Fsp3) is 0.312. The van der Waals surface area contributed by atoms with Crippen LogP contribution >= 0.6 is 0 Å². The second-order valence-corrected chi connectivity index (χ2v) is 4.56. The van der Waals surface area contributed by atoms with Crippen LogP contribution in [0.1, 0.15) is 31.2 Å². The van der Waals surface area contributed by atoms with Crippen molar-refractivity contribution < 1.29 is 4.79 Å². The summed E-state index contributed by atoms with van der Waals surface area (Å²) in [5.41, 5.74) is -0.406. The van der Waals surface area contributed by atoms with Crippen molar-refractivity contribution in [1.82, 2.24) is 0 Å². The van der Waals surface area contributed by atoms with Gasteiger partial charge in [0.15, 0.2) is 5.41 Å². The second-order valence-electron chi connectivity index (χ2n) is 4.56. The SMILES string of the molecule is C=CCC(C#N)(C#N)C(CC(C)=O)c1ccccc1. The molecule has 0 fully saturated rings. The zero-order valence-corrected chi connectivity index (χ0v) is 11.0. The summed E-state index contributed by atoms with van der Waals surface area (Å²) in [6.45, 7) is 5.09. The highest BCUT2D eigenvalue weighted by Crippen LogP contribution is 2.41. The molecule has 1 aromatic rings. The topological polar surface area (TPSA) is 64.7 Å². The maximum absolute atomic E-state index is 11.5. The number of Topliss-reactive ketones (excluding diaryl/α,β-unsaturated/α-hetero) is 1. The lowest BCUT2D eigenvalue weighted by atomic mass is 9.70. The minimum absolute atomic E-state index is 0.0345. The average Bonchev–Trinajstić information content (AvgIpc) is 2.43. The van der Waals surface area contributed by atoms with E-state index in [1.54, 1.807) is 6.08 Å². The van der Waals surface area contributed by atoms with Crippen LogP contribution < -0.4 is 0 Å². The number of hydrogen-bond acceptors (Lipinski definition) is 3. The molecule has 1 unspecified atom stereocenters. The van der Waals surface area contributed by atoms with Gasteiger partial charge in [0.2, 0.25) is 0 Å². The van der Waals surface area contributed by atoms with E-state index in [-0.39, 0.29) is 18.6 Å². The Labute approximate surface area is 113 Å². The molecule has 0 saturated heterocycles. The predicted molar refractivity (Wildman–Crippen MR) is 73.0 cm³/mol. The van der Waals surface area contributed by atoms with Crippen LogP contribution in [0.3, 0.4) is 0 Å². The number of carbonyl (C=O) groups is 1. The summed E-state index contributed by atoms with van der Waals surface area (Å²) in [4.78, 5) is 11.5. The van der Waals surface area contributed by atoms with E-state index in [9.17, 15) is 15.3 Å². The Kier molecular flexibility index (Phi) is 5.03. The molecule has 0 heterocycles. The van der Waals surface area contributed by atoms with Crippen molar-refractivity contribution in [3.63, 3.8) is 0 Å². The Balaban J connectivity index is 3.31. The zero-order valence-electron chi connectivity index (χ0n) is 11.0. The van der Waals surface area contributed by atoms with E-state index < -0.39 is 11.3 Å². The van der Waals surface area contributed by atoms with E-state index in [0.717, 1.165) is 5.56 Å². The first-order valence-corrected chi connectivity index (χ1v) is 6.07. The van der Waals surface area contributed by atoms with Crippen LogP contribution in [0, 0.1) is 28.1 Å². The van der Waals surface area contributed by atoms with Gasteiger partial charge in [-0.05, 0) is 18.9 Å². The minimum Gasteiger partial charge on any atom is -0.300 e. The summed E-state index contributed by atoms with van der Waals surface area (Å²) in [5, 5.41) is 18.8. The number of rotatable bonds is 6. The number of allylic oxidation sites excluding steroid dienone is 1. The molecule has 19 heavy (non-hydrogen) atoms. The molecule has 0 aliphatic rings. The smallest absolute Gasteiger partial charge is 0.154 e. The molecule has 0 spiro atoms. The van der Waals surface area contributed by atoms with Gasteiger partial charge in [0.1, 0.15) is 5.78 Å². The molecule has 0 aliphatic heterocycles. The number of nitrogens with zero attached hydrogens (tertiary/aromatic N) is 2. The Hall–Kier alpha value is -2.39.